The van der Waals surface area contributed by atoms with Crippen molar-refractivity contribution in [2.75, 3.05) is 25.0 Å². The van der Waals surface area contributed by atoms with Crippen LogP contribution >= 0.6 is 0 Å². The van der Waals surface area contributed by atoms with Crippen molar-refractivity contribution in [3.05, 3.63) is 78.4 Å². The van der Waals surface area contributed by atoms with E-state index in [4.69, 9.17) is 0 Å². The van der Waals surface area contributed by atoms with E-state index in [1.807, 2.05) is 32.2 Å². The number of para-hydroxylation sites is 1. The molecule has 4 rings (SSSR count). The largest absolute Gasteiger partial charge is 0.381 e. The van der Waals surface area contributed by atoms with Crippen molar-refractivity contribution in [1.82, 2.24) is 19.7 Å². The first kappa shape index (κ1) is 22.4. The van der Waals surface area contributed by atoms with Gasteiger partial charge in [0.25, 0.3) is 0 Å². The van der Waals surface area contributed by atoms with Gasteiger partial charge in [0.1, 0.15) is 29.9 Å². The second-order valence-electron chi connectivity index (χ2n) is 8.54. The standard InChI is InChI=1S/C24H29F2N5O/c1-18(29(2)20-10-12-30(13-11-20)21-6-4-3-5-7-21)24(32,15-31-17-27-16-28-31)22-9-8-19(25)14-23(22)26/h3-9,14,16-18,20,32H,10-13,15H2,1-2H3/t18-,24-/m1/s1. The Labute approximate surface area is 187 Å². The summed E-state index contributed by atoms with van der Waals surface area (Å²) < 4.78 is 29.9. The Morgan fingerprint density at radius 3 is 2.50 bits per heavy atom. The molecule has 1 N–H and O–H groups in total. The zero-order chi connectivity index (χ0) is 22.7. The van der Waals surface area contributed by atoms with Gasteiger partial charge in [-0.05, 0) is 45.0 Å². The molecule has 3 aromatic rings. The lowest BCUT2D eigenvalue weighted by Crippen LogP contribution is -2.55. The van der Waals surface area contributed by atoms with Gasteiger partial charge in [0, 0.05) is 42.5 Å². The topological polar surface area (TPSA) is 57.4 Å². The van der Waals surface area contributed by atoms with Crippen LogP contribution in [0.1, 0.15) is 25.3 Å². The number of halogens is 2. The minimum atomic E-state index is -1.63. The van der Waals surface area contributed by atoms with E-state index in [2.05, 4.69) is 32.0 Å². The minimum absolute atomic E-state index is 0.00389. The maximum Gasteiger partial charge on any atom is 0.137 e. The Bertz CT molecular complexity index is 1010. The third-order valence-electron chi connectivity index (χ3n) is 6.73. The van der Waals surface area contributed by atoms with Crippen LogP contribution in [0.3, 0.4) is 0 Å². The van der Waals surface area contributed by atoms with Crippen LogP contribution in [-0.2, 0) is 12.1 Å². The Morgan fingerprint density at radius 2 is 1.88 bits per heavy atom. The molecular formula is C24H29F2N5O. The Morgan fingerprint density at radius 1 is 1.16 bits per heavy atom. The van der Waals surface area contributed by atoms with E-state index >= 15 is 0 Å². The van der Waals surface area contributed by atoms with Gasteiger partial charge >= 0.3 is 0 Å². The number of likely N-dealkylation sites (N-methyl/N-ethyl adjacent to an activating group) is 1. The molecule has 1 aromatic heterocycles. The van der Waals surface area contributed by atoms with Crippen LogP contribution in [0, 0.1) is 11.6 Å². The van der Waals surface area contributed by atoms with Gasteiger partial charge in [0.05, 0.1) is 6.54 Å². The average Bonchev–Trinajstić information content (AvgIpc) is 3.31. The summed E-state index contributed by atoms with van der Waals surface area (Å²) in [4.78, 5) is 8.41. The molecule has 0 saturated carbocycles. The van der Waals surface area contributed by atoms with Gasteiger partial charge < -0.3 is 10.0 Å². The fraction of sp³-hybridized carbons (Fsp3) is 0.417. The van der Waals surface area contributed by atoms with Gasteiger partial charge in [0.2, 0.25) is 0 Å². The van der Waals surface area contributed by atoms with E-state index in [9.17, 15) is 13.9 Å². The van der Waals surface area contributed by atoms with Gasteiger partial charge in [-0.25, -0.2) is 18.4 Å². The van der Waals surface area contributed by atoms with Crippen molar-refractivity contribution in [2.24, 2.45) is 0 Å². The van der Waals surface area contributed by atoms with Crippen LogP contribution in [0.2, 0.25) is 0 Å². The monoisotopic (exact) mass is 441 g/mol. The van der Waals surface area contributed by atoms with Crippen LogP contribution in [0.5, 0.6) is 0 Å². The van der Waals surface area contributed by atoms with Crippen LogP contribution in [-0.4, -0.2) is 57.0 Å². The fourth-order valence-corrected chi connectivity index (χ4v) is 4.67. The van der Waals surface area contributed by atoms with E-state index < -0.39 is 23.3 Å². The van der Waals surface area contributed by atoms with Crippen molar-refractivity contribution in [3.8, 4) is 0 Å². The zero-order valence-electron chi connectivity index (χ0n) is 18.4. The summed E-state index contributed by atoms with van der Waals surface area (Å²) in [6.45, 7) is 3.68. The summed E-state index contributed by atoms with van der Waals surface area (Å²) in [7, 11) is 1.96. The van der Waals surface area contributed by atoms with E-state index in [1.165, 1.54) is 35.2 Å². The lowest BCUT2D eigenvalue weighted by atomic mass is 9.84. The van der Waals surface area contributed by atoms with Crippen molar-refractivity contribution >= 4 is 5.69 Å². The number of hydrogen-bond acceptors (Lipinski definition) is 5. The number of aliphatic hydroxyl groups is 1. The summed E-state index contributed by atoms with van der Waals surface area (Å²) in [6, 6.07) is 13.4. The number of aromatic nitrogens is 3. The highest BCUT2D eigenvalue weighted by atomic mass is 19.1. The average molecular weight is 442 g/mol. The Balaban J connectivity index is 1.55. The first-order valence-corrected chi connectivity index (χ1v) is 10.9. The van der Waals surface area contributed by atoms with Gasteiger partial charge in [0.15, 0.2) is 0 Å². The highest BCUT2D eigenvalue weighted by Gasteiger charge is 2.43. The van der Waals surface area contributed by atoms with Crippen LogP contribution < -0.4 is 4.90 Å². The summed E-state index contributed by atoms with van der Waals surface area (Å²) >= 11 is 0. The van der Waals surface area contributed by atoms with E-state index in [-0.39, 0.29) is 18.2 Å². The normalized spacial score (nSPS) is 18.0. The number of anilines is 1. The molecule has 6 nitrogen and oxygen atoms in total. The molecule has 0 spiro atoms. The fourth-order valence-electron chi connectivity index (χ4n) is 4.67. The predicted molar refractivity (Wildman–Crippen MR) is 119 cm³/mol. The molecule has 1 aliphatic rings. The number of rotatable bonds is 7. The molecule has 0 radical (unpaired) electrons. The van der Waals surface area contributed by atoms with E-state index in [0.717, 1.165) is 32.0 Å². The summed E-state index contributed by atoms with van der Waals surface area (Å²) in [5.74, 6) is -1.45. The lowest BCUT2D eigenvalue weighted by molar-refractivity contribution is -0.0697. The molecule has 2 heterocycles. The van der Waals surface area contributed by atoms with Crippen LogP contribution in [0.15, 0.2) is 61.2 Å². The van der Waals surface area contributed by atoms with Gasteiger partial charge in [-0.3, -0.25) is 4.90 Å². The quantitative estimate of drug-likeness (QED) is 0.609. The molecule has 170 valence electrons. The zero-order valence-corrected chi connectivity index (χ0v) is 18.4. The molecule has 0 unspecified atom stereocenters. The molecule has 0 amide bonds. The molecule has 1 aliphatic heterocycles. The Kier molecular flexibility index (Phi) is 6.53. The number of nitrogens with zero attached hydrogens (tertiary/aromatic N) is 5. The van der Waals surface area contributed by atoms with Gasteiger partial charge in [-0.2, -0.15) is 5.10 Å². The van der Waals surface area contributed by atoms with Crippen molar-refractivity contribution in [2.45, 2.75) is 44.0 Å². The maximum atomic E-state index is 14.8. The molecule has 0 bridgehead atoms. The van der Waals surface area contributed by atoms with E-state index in [1.54, 1.807) is 0 Å². The minimum Gasteiger partial charge on any atom is -0.381 e. The highest BCUT2D eigenvalue weighted by molar-refractivity contribution is 5.46. The molecule has 1 fully saturated rings. The third kappa shape index (κ3) is 4.52. The summed E-state index contributed by atoms with van der Waals surface area (Å²) in [5.41, 5.74) is -0.371. The summed E-state index contributed by atoms with van der Waals surface area (Å²) in [5, 5.41) is 15.9. The molecule has 0 aliphatic carbocycles. The predicted octanol–water partition coefficient (Wildman–Crippen LogP) is 3.43. The second-order valence-corrected chi connectivity index (χ2v) is 8.54. The van der Waals surface area contributed by atoms with Gasteiger partial charge in [-0.15, -0.1) is 0 Å². The maximum absolute atomic E-state index is 14.8. The number of piperidine rings is 1. The van der Waals surface area contributed by atoms with Crippen molar-refractivity contribution < 1.29 is 13.9 Å². The second kappa shape index (κ2) is 9.34. The van der Waals surface area contributed by atoms with E-state index in [0.29, 0.717) is 0 Å². The molecular weight excluding hydrogens is 412 g/mol. The van der Waals surface area contributed by atoms with Crippen molar-refractivity contribution in [3.63, 3.8) is 0 Å². The van der Waals surface area contributed by atoms with Gasteiger partial charge in [-0.1, -0.05) is 24.3 Å². The lowest BCUT2D eigenvalue weighted by Gasteiger charge is -2.45. The SMILES string of the molecule is C[C@@H](N(C)C1CCN(c2ccccc2)CC1)[C@](O)(Cn1cncn1)c1ccc(F)cc1F. The van der Waals surface area contributed by atoms with Crippen LogP contribution in [0.25, 0.3) is 0 Å². The van der Waals surface area contributed by atoms with Crippen molar-refractivity contribution in [1.29, 1.82) is 0 Å². The Hall–Kier alpha value is -2.84. The number of benzene rings is 2. The molecule has 2 aromatic carbocycles. The summed E-state index contributed by atoms with van der Waals surface area (Å²) in [6.07, 6.45) is 4.69. The van der Waals surface area contributed by atoms with Crippen LogP contribution in [0.4, 0.5) is 14.5 Å². The molecule has 2 atom stereocenters. The molecule has 1 saturated heterocycles. The molecule has 8 heteroatoms. The number of hydrogen-bond donors (Lipinski definition) is 1. The highest BCUT2D eigenvalue weighted by Crippen LogP contribution is 2.34. The first-order valence-electron chi connectivity index (χ1n) is 10.9. The molecule has 32 heavy (non-hydrogen) atoms. The third-order valence-corrected chi connectivity index (χ3v) is 6.73. The smallest absolute Gasteiger partial charge is 0.137 e. The first-order chi connectivity index (χ1) is 15.4.